The number of rotatable bonds is 4. The number of halogens is 1. The van der Waals surface area contributed by atoms with E-state index in [4.69, 9.17) is 11.6 Å². The maximum Gasteiger partial charge on any atom is 0.159 e. The number of benzene rings is 1. The molecule has 0 saturated heterocycles. The van der Waals surface area contributed by atoms with Crippen LogP contribution in [0.15, 0.2) is 42.7 Å². The molecule has 0 aliphatic heterocycles. The minimum atomic E-state index is 0.0242. The van der Waals surface area contributed by atoms with Gasteiger partial charge >= 0.3 is 0 Å². The van der Waals surface area contributed by atoms with Gasteiger partial charge in [0.2, 0.25) is 0 Å². The highest BCUT2D eigenvalue weighted by atomic mass is 35.5. The fourth-order valence-electron chi connectivity index (χ4n) is 1.58. The van der Waals surface area contributed by atoms with Crippen molar-refractivity contribution in [2.75, 3.05) is 5.32 Å². The average molecular weight is 261 g/mol. The smallest absolute Gasteiger partial charge is 0.159 e. The first-order valence-electron chi connectivity index (χ1n) is 5.60. The van der Waals surface area contributed by atoms with Gasteiger partial charge in [-0.1, -0.05) is 17.7 Å². The van der Waals surface area contributed by atoms with E-state index < -0.39 is 0 Å². The highest BCUT2D eigenvalue weighted by Crippen LogP contribution is 2.23. The second-order valence-corrected chi connectivity index (χ2v) is 4.37. The predicted octanol–water partition coefficient (Wildman–Crippen LogP) is 3.55. The maximum absolute atomic E-state index is 11.3. The summed E-state index contributed by atoms with van der Waals surface area (Å²) in [4.78, 5) is 15.3. The molecule has 1 N–H and O–H groups in total. The van der Waals surface area contributed by atoms with E-state index in [2.05, 4.69) is 10.3 Å². The Balaban J connectivity index is 2.14. The van der Waals surface area contributed by atoms with Crippen LogP contribution >= 0.6 is 11.6 Å². The minimum Gasteiger partial charge on any atom is -0.380 e. The van der Waals surface area contributed by atoms with Crippen LogP contribution < -0.4 is 5.32 Å². The minimum absolute atomic E-state index is 0.0242. The molecule has 1 aromatic carbocycles. The van der Waals surface area contributed by atoms with Gasteiger partial charge in [-0.2, -0.15) is 0 Å². The zero-order chi connectivity index (χ0) is 13.0. The van der Waals surface area contributed by atoms with Crippen LogP contribution in [0.2, 0.25) is 5.02 Å². The molecule has 0 radical (unpaired) electrons. The van der Waals surface area contributed by atoms with E-state index in [0.717, 1.165) is 11.3 Å². The second kappa shape index (κ2) is 5.65. The van der Waals surface area contributed by atoms with Gasteiger partial charge in [0.15, 0.2) is 5.78 Å². The molecule has 0 saturated carbocycles. The molecule has 92 valence electrons. The highest BCUT2D eigenvalue weighted by Gasteiger charge is 2.05. The first-order chi connectivity index (χ1) is 8.66. The summed E-state index contributed by atoms with van der Waals surface area (Å²) in [5, 5.41) is 3.80. The van der Waals surface area contributed by atoms with Gasteiger partial charge in [0.1, 0.15) is 0 Å². The van der Waals surface area contributed by atoms with Crippen LogP contribution in [0.5, 0.6) is 0 Å². The standard InChI is InChI=1S/C14H13ClN2O/c1-10(18)12-4-5-13(15)14(7-12)17-9-11-3-2-6-16-8-11/h2-8,17H,9H2,1H3. The lowest BCUT2D eigenvalue weighted by Crippen LogP contribution is -2.02. The molecule has 0 aliphatic carbocycles. The zero-order valence-electron chi connectivity index (χ0n) is 9.98. The Bertz CT molecular complexity index is 555. The fourth-order valence-corrected chi connectivity index (χ4v) is 1.76. The Morgan fingerprint density at radius 1 is 1.39 bits per heavy atom. The largest absolute Gasteiger partial charge is 0.380 e. The molecular weight excluding hydrogens is 248 g/mol. The van der Waals surface area contributed by atoms with Gasteiger partial charge in [-0.15, -0.1) is 0 Å². The molecule has 4 heteroatoms. The van der Waals surface area contributed by atoms with Crippen LogP contribution in [0.4, 0.5) is 5.69 Å². The maximum atomic E-state index is 11.3. The lowest BCUT2D eigenvalue weighted by molar-refractivity contribution is 0.101. The van der Waals surface area contributed by atoms with Crippen molar-refractivity contribution >= 4 is 23.1 Å². The summed E-state index contributed by atoms with van der Waals surface area (Å²) >= 11 is 6.08. The van der Waals surface area contributed by atoms with Crippen molar-refractivity contribution in [1.82, 2.24) is 4.98 Å². The summed E-state index contributed by atoms with van der Waals surface area (Å²) in [6.45, 7) is 2.16. The molecule has 0 fully saturated rings. The van der Waals surface area contributed by atoms with Crippen molar-refractivity contribution < 1.29 is 4.79 Å². The number of nitrogens with one attached hydrogen (secondary N) is 1. The molecule has 3 nitrogen and oxygen atoms in total. The Morgan fingerprint density at radius 3 is 2.89 bits per heavy atom. The van der Waals surface area contributed by atoms with E-state index in [1.54, 1.807) is 30.6 Å². The van der Waals surface area contributed by atoms with Gasteiger partial charge in [0.05, 0.1) is 10.7 Å². The summed E-state index contributed by atoms with van der Waals surface area (Å²) in [6, 6.07) is 9.07. The molecule has 0 bridgehead atoms. The topological polar surface area (TPSA) is 42.0 Å². The number of Topliss-reactive ketones (excluding diaryl/α,β-unsaturated/α-hetero) is 1. The first-order valence-corrected chi connectivity index (χ1v) is 5.98. The zero-order valence-corrected chi connectivity index (χ0v) is 10.7. The molecular formula is C14H13ClN2O. The quantitative estimate of drug-likeness (QED) is 0.855. The van der Waals surface area contributed by atoms with Gasteiger partial charge in [0, 0.05) is 24.5 Å². The number of nitrogens with zero attached hydrogens (tertiary/aromatic N) is 1. The number of aromatic nitrogens is 1. The lowest BCUT2D eigenvalue weighted by atomic mass is 10.1. The van der Waals surface area contributed by atoms with Crippen LogP contribution in [0.1, 0.15) is 22.8 Å². The number of carbonyl (C=O) groups excluding carboxylic acids is 1. The summed E-state index contributed by atoms with van der Waals surface area (Å²) in [5.74, 6) is 0.0242. The van der Waals surface area contributed by atoms with Crippen LogP contribution in [-0.4, -0.2) is 10.8 Å². The van der Waals surface area contributed by atoms with Gasteiger partial charge in [-0.05, 0) is 36.8 Å². The second-order valence-electron chi connectivity index (χ2n) is 3.97. The Kier molecular flexibility index (Phi) is 3.95. The third kappa shape index (κ3) is 3.08. The van der Waals surface area contributed by atoms with Crippen molar-refractivity contribution in [2.45, 2.75) is 13.5 Å². The third-order valence-corrected chi connectivity index (χ3v) is 2.91. The molecule has 0 unspecified atom stereocenters. The van der Waals surface area contributed by atoms with Crippen molar-refractivity contribution in [2.24, 2.45) is 0 Å². The van der Waals surface area contributed by atoms with Crippen molar-refractivity contribution in [1.29, 1.82) is 0 Å². The summed E-state index contributed by atoms with van der Waals surface area (Å²) in [7, 11) is 0. The van der Waals surface area contributed by atoms with Crippen LogP contribution in [0.25, 0.3) is 0 Å². The molecule has 1 heterocycles. The highest BCUT2D eigenvalue weighted by molar-refractivity contribution is 6.33. The Morgan fingerprint density at radius 2 is 2.22 bits per heavy atom. The molecule has 2 rings (SSSR count). The number of pyridine rings is 1. The first kappa shape index (κ1) is 12.6. The van der Waals surface area contributed by atoms with Crippen molar-refractivity contribution in [3.63, 3.8) is 0 Å². The molecule has 2 aromatic rings. The van der Waals surface area contributed by atoms with Crippen LogP contribution in [0, 0.1) is 0 Å². The van der Waals surface area contributed by atoms with Crippen LogP contribution in [0.3, 0.4) is 0 Å². The SMILES string of the molecule is CC(=O)c1ccc(Cl)c(NCc2cccnc2)c1. The van der Waals surface area contributed by atoms with Gasteiger partial charge < -0.3 is 5.32 Å². The predicted molar refractivity (Wildman–Crippen MR) is 73.0 cm³/mol. The van der Waals surface area contributed by atoms with E-state index in [0.29, 0.717) is 17.1 Å². The average Bonchev–Trinajstić information content (AvgIpc) is 2.38. The Labute approximate surface area is 111 Å². The lowest BCUT2D eigenvalue weighted by Gasteiger charge is -2.09. The third-order valence-electron chi connectivity index (χ3n) is 2.58. The number of hydrogen-bond donors (Lipinski definition) is 1. The number of anilines is 1. The van der Waals surface area contributed by atoms with Crippen LogP contribution in [-0.2, 0) is 6.54 Å². The van der Waals surface area contributed by atoms with Gasteiger partial charge in [0.25, 0.3) is 0 Å². The van der Waals surface area contributed by atoms with Gasteiger partial charge in [-0.3, -0.25) is 9.78 Å². The number of hydrogen-bond acceptors (Lipinski definition) is 3. The number of ketones is 1. The summed E-state index contributed by atoms with van der Waals surface area (Å²) in [5.41, 5.74) is 2.46. The molecule has 0 spiro atoms. The van der Waals surface area contributed by atoms with Crippen molar-refractivity contribution in [3.8, 4) is 0 Å². The molecule has 0 aliphatic rings. The molecule has 18 heavy (non-hydrogen) atoms. The van der Waals surface area contributed by atoms with E-state index in [1.807, 2.05) is 12.1 Å². The normalized spacial score (nSPS) is 10.1. The summed E-state index contributed by atoms with van der Waals surface area (Å²) in [6.07, 6.45) is 3.52. The summed E-state index contributed by atoms with van der Waals surface area (Å²) < 4.78 is 0. The molecule has 0 amide bonds. The van der Waals surface area contributed by atoms with Crippen molar-refractivity contribution in [3.05, 3.63) is 58.9 Å². The van der Waals surface area contributed by atoms with E-state index in [1.165, 1.54) is 6.92 Å². The van der Waals surface area contributed by atoms with E-state index >= 15 is 0 Å². The van der Waals surface area contributed by atoms with E-state index in [-0.39, 0.29) is 5.78 Å². The number of carbonyl (C=O) groups is 1. The van der Waals surface area contributed by atoms with E-state index in [9.17, 15) is 4.79 Å². The molecule has 1 aromatic heterocycles. The Hall–Kier alpha value is -1.87. The fraction of sp³-hybridized carbons (Fsp3) is 0.143. The monoisotopic (exact) mass is 260 g/mol. The molecule has 0 atom stereocenters. The van der Waals surface area contributed by atoms with Gasteiger partial charge in [-0.25, -0.2) is 0 Å².